The predicted octanol–water partition coefficient (Wildman–Crippen LogP) is 0.631. The Kier molecular flexibility index (Phi) is 3.26. The van der Waals surface area contributed by atoms with E-state index in [0.29, 0.717) is 12.4 Å². The molecule has 2 heterocycles. The van der Waals surface area contributed by atoms with Crippen molar-refractivity contribution >= 4 is 11.7 Å². The summed E-state index contributed by atoms with van der Waals surface area (Å²) in [6.45, 7) is 5.10. The lowest BCUT2D eigenvalue weighted by Gasteiger charge is -2.45. The van der Waals surface area contributed by atoms with Gasteiger partial charge in [0.25, 0.3) is 0 Å². The molecule has 1 amide bonds. The van der Waals surface area contributed by atoms with Crippen molar-refractivity contribution < 1.29 is 9.90 Å². The number of aliphatic hydroxyl groups is 1. The molecule has 2 rings (SSSR count). The molecule has 0 aromatic carbocycles. The summed E-state index contributed by atoms with van der Waals surface area (Å²) in [7, 11) is 1.81. The summed E-state index contributed by atoms with van der Waals surface area (Å²) in [6.07, 6.45) is 1.69. The molecule has 0 unspecified atom stereocenters. The van der Waals surface area contributed by atoms with Gasteiger partial charge in [0.1, 0.15) is 11.4 Å². The minimum Gasteiger partial charge on any atom is -0.392 e. The summed E-state index contributed by atoms with van der Waals surface area (Å²) in [5.74, 6) is 0.773. The van der Waals surface area contributed by atoms with Gasteiger partial charge >= 0.3 is 0 Å². The molecule has 5 heteroatoms. The van der Waals surface area contributed by atoms with Gasteiger partial charge in [-0.15, -0.1) is 0 Å². The molecule has 18 heavy (non-hydrogen) atoms. The molecule has 0 atom stereocenters. The van der Waals surface area contributed by atoms with Crippen molar-refractivity contribution in [3.8, 4) is 0 Å². The summed E-state index contributed by atoms with van der Waals surface area (Å²) >= 11 is 0. The molecule has 1 fully saturated rings. The van der Waals surface area contributed by atoms with Gasteiger partial charge in [-0.25, -0.2) is 4.98 Å². The molecule has 98 valence electrons. The summed E-state index contributed by atoms with van der Waals surface area (Å²) < 4.78 is 0. The number of rotatable bonds is 2. The maximum atomic E-state index is 12.2. The highest BCUT2D eigenvalue weighted by Crippen LogP contribution is 2.29. The SMILES string of the molecule is CN1CCN(c2ncccc2CO)C(C)(C)C1=O. The van der Waals surface area contributed by atoms with Crippen molar-refractivity contribution in [2.75, 3.05) is 25.0 Å². The average molecular weight is 249 g/mol. The number of pyridine rings is 1. The third-order valence-electron chi connectivity index (χ3n) is 3.50. The number of hydrogen-bond donors (Lipinski definition) is 1. The Morgan fingerprint density at radius 3 is 2.83 bits per heavy atom. The fourth-order valence-corrected chi connectivity index (χ4v) is 2.38. The smallest absolute Gasteiger partial charge is 0.247 e. The van der Waals surface area contributed by atoms with Crippen LogP contribution in [0.5, 0.6) is 0 Å². The van der Waals surface area contributed by atoms with Crippen LogP contribution in [0.2, 0.25) is 0 Å². The first kappa shape index (κ1) is 12.8. The number of carbonyl (C=O) groups excluding carboxylic acids is 1. The topological polar surface area (TPSA) is 56.7 Å². The van der Waals surface area contributed by atoms with E-state index in [4.69, 9.17) is 0 Å². The van der Waals surface area contributed by atoms with E-state index in [0.717, 1.165) is 12.1 Å². The van der Waals surface area contributed by atoms with Crippen LogP contribution in [0, 0.1) is 0 Å². The largest absolute Gasteiger partial charge is 0.392 e. The monoisotopic (exact) mass is 249 g/mol. The highest BCUT2D eigenvalue weighted by Gasteiger charge is 2.41. The maximum absolute atomic E-state index is 12.2. The Bertz CT molecular complexity index is 459. The number of aromatic nitrogens is 1. The minimum atomic E-state index is -0.634. The first-order chi connectivity index (χ1) is 8.48. The number of aliphatic hydroxyl groups excluding tert-OH is 1. The van der Waals surface area contributed by atoms with Crippen LogP contribution in [0.4, 0.5) is 5.82 Å². The summed E-state index contributed by atoms with van der Waals surface area (Å²) in [5, 5.41) is 9.38. The molecule has 1 N–H and O–H groups in total. The number of piperazine rings is 1. The van der Waals surface area contributed by atoms with E-state index in [1.54, 1.807) is 17.2 Å². The van der Waals surface area contributed by atoms with E-state index in [1.165, 1.54) is 0 Å². The second-order valence-corrected chi connectivity index (χ2v) is 5.08. The molecule has 1 aromatic rings. The van der Waals surface area contributed by atoms with Crippen LogP contribution in [0.1, 0.15) is 19.4 Å². The molecule has 0 saturated carbocycles. The van der Waals surface area contributed by atoms with Gasteiger partial charge in [0.2, 0.25) is 5.91 Å². The van der Waals surface area contributed by atoms with Crippen molar-refractivity contribution in [1.82, 2.24) is 9.88 Å². The molecule has 1 aliphatic heterocycles. The van der Waals surface area contributed by atoms with Gasteiger partial charge < -0.3 is 14.9 Å². The van der Waals surface area contributed by atoms with E-state index in [2.05, 4.69) is 4.98 Å². The minimum absolute atomic E-state index is 0.0697. The molecule has 0 bridgehead atoms. The Morgan fingerprint density at radius 1 is 1.44 bits per heavy atom. The van der Waals surface area contributed by atoms with Crippen molar-refractivity contribution in [2.24, 2.45) is 0 Å². The lowest BCUT2D eigenvalue weighted by atomic mass is 9.97. The standard InChI is InChI=1S/C13H19N3O2/c1-13(2)12(18)15(3)7-8-16(13)11-10(9-17)5-4-6-14-11/h4-6,17H,7-9H2,1-3H3. The third-order valence-corrected chi connectivity index (χ3v) is 3.50. The molecule has 0 spiro atoms. The molecule has 0 radical (unpaired) electrons. The Hall–Kier alpha value is -1.62. The van der Waals surface area contributed by atoms with Gasteiger partial charge in [-0.3, -0.25) is 4.79 Å². The molecular weight excluding hydrogens is 230 g/mol. The summed E-state index contributed by atoms with van der Waals surface area (Å²) in [5.41, 5.74) is 0.119. The number of nitrogens with zero attached hydrogens (tertiary/aromatic N) is 3. The highest BCUT2D eigenvalue weighted by atomic mass is 16.3. The average Bonchev–Trinajstić information content (AvgIpc) is 2.36. The number of likely N-dealkylation sites (N-methyl/N-ethyl adjacent to an activating group) is 1. The van der Waals surface area contributed by atoms with E-state index >= 15 is 0 Å². The van der Waals surface area contributed by atoms with Gasteiger partial charge in [0.05, 0.1) is 6.61 Å². The lowest BCUT2D eigenvalue weighted by Crippen LogP contribution is -2.62. The van der Waals surface area contributed by atoms with Crippen LogP contribution in [0.3, 0.4) is 0 Å². The fraction of sp³-hybridized carbons (Fsp3) is 0.538. The maximum Gasteiger partial charge on any atom is 0.247 e. The predicted molar refractivity (Wildman–Crippen MR) is 69.2 cm³/mol. The Balaban J connectivity index is 2.41. The first-order valence-corrected chi connectivity index (χ1v) is 6.06. The second-order valence-electron chi connectivity index (χ2n) is 5.08. The molecule has 1 saturated heterocycles. The van der Waals surface area contributed by atoms with Crippen molar-refractivity contribution in [3.63, 3.8) is 0 Å². The van der Waals surface area contributed by atoms with E-state index < -0.39 is 5.54 Å². The summed E-state index contributed by atoms with van der Waals surface area (Å²) in [6, 6.07) is 3.63. The lowest BCUT2D eigenvalue weighted by molar-refractivity contribution is -0.136. The van der Waals surface area contributed by atoms with Crippen LogP contribution in [0.25, 0.3) is 0 Å². The number of hydrogen-bond acceptors (Lipinski definition) is 4. The Labute approximate surface area is 107 Å². The fourth-order valence-electron chi connectivity index (χ4n) is 2.38. The van der Waals surface area contributed by atoms with E-state index in [9.17, 15) is 9.90 Å². The van der Waals surface area contributed by atoms with Gasteiger partial charge in [0.15, 0.2) is 0 Å². The van der Waals surface area contributed by atoms with E-state index in [1.807, 2.05) is 31.9 Å². The zero-order valence-corrected chi connectivity index (χ0v) is 11.1. The van der Waals surface area contributed by atoms with Gasteiger partial charge in [0, 0.05) is 31.9 Å². The summed E-state index contributed by atoms with van der Waals surface area (Å²) in [4.78, 5) is 20.3. The van der Waals surface area contributed by atoms with Crippen LogP contribution in [-0.4, -0.2) is 46.6 Å². The van der Waals surface area contributed by atoms with Crippen molar-refractivity contribution in [1.29, 1.82) is 0 Å². The normalized spacial score (nSPS) is 19.2. The van der Waals surface area contributed by atoms with Crippen LogP contribution in [0.15, 0.2) is 18.3 Å². The number of anilines is 1. The van der Waals surface area contributed by atoms with Crippen LogP contribution < -0.4 is 4.90 Å². The third kappa shape index (κ3) is 1.95. The molecular formula is C13H19N3O2. The van der Waals surface area contributed by atoms with E-state index in [-0.39, 0.29) is 12.5 Å². The zero-order chi connectivity index (χ0) is 13.3. The molecule has 0 aliphatic carbocycles. The van der Waals surface area contributed by atoms with Gasteiger partial charge in [-0.1, -0.05) is 6.07 Å². The van der Waals surface area contributed by atoms with Gasteiger partial charge in [-0.05, 0) is 19.9 Å². The second kappa shape index (κ2) is 4.57. The van der Waals surface area contributed by atoms with Gasteiger partial charge in [-0.2, -0.15) is 0 Å². The Morgan fingerprint density at radius 2 is 2.17 bits per heavy atom. The van der Waals surface area contributed by atoms with Crippen molar-refractivity contribution in [3.05, 3.63) is 23.9 Å². The quantitative estimate of drug-likeness (QED) is 0.835. The number of carbonyl (C=O) groups is 1. The van der Waals surface area contributed by atoms with Crippen LogP contribution in [-0.2, 0) is 11.4 Å². The number of amides is 1. The molecule has 5 nitrogen and oxygen atoms in total. The highest BCUT2D eigenvalue weighted by molar-refractivity contribution is 5.90. The molecule has 1 aromatic heterocycles. The zero-order valence-electron chi connectivity index (χ0n) is 11.1. The van der Waals surface area contributed by atoms with Crippen molar-refractivity contribution in [2.45, 2.75) is 26.0 Å². The first-order valence-electron chi connectivity index (χ1n) is 6.06. The molecule has 1 aliphatic rings. The van der Waals surface area contributed by atoms with Crippen LogP contribution >= 0.6 is 0 Å².